The molecule has 8 N–H and O–H groups in total. The van der Waals surface area contributed by atoms with E-state index in [0.29, 0.717) is 5.56 Å². The van der Waals surface area contributed by atoms with E-state index in [2.05, 4.69) is 0 Å². The lowest BCUT2D eigenvalue weighted by atomic mass is 9.55. The van der Waals surface area contributed by atoms with Crippen molar-refractivity contribution in [2.24, 2.45) is 17.6 Å². The number of aliphatic hydroxyl groups excluding tert-OH is 3. The highest BCUT2D eigenvalue weighted by atomic mass is 16.4. The number of amides is 1. The van der Waals surface area contributed by atoms with Crippen molar-refractivity contribution in [3.63, 3.8) is 0 Å². The molecule has 0 radical (unpaired) electrons. The Bertz CT molecular complexity index is 1640. The van der Waals surface area contributed by atoms with Gasteiger partial charge in [0.2, 0.25) is 5.78 Å². The number of aliphatic hydroxyl groups is 4. The second kappa shape index (κ2) is 9.41. The Morgan fingerprint density at radius 2 is 1.66 bits per heavy atom. The second-order valence-electron chi connectivity index (χ2n) is 10.4. The van der Waals surface area contributed by atoms with Crippen LogP contribution in [-0.2, 0) is 14.4 Å². The van der Waals surface area contributed by atoms with Gasteiger partial charge in [0.15, 0.2) is 11.4 Å². The van der Waals surface area contributed by atoms with Crippen molar-refractivity contribution in [2.45, 2.75) is 17.7 Å². The maximum atomic E-state index is 14.1. The van der Waals surface area contributed by atoms with Crippen LogP contribution < -0.4 is 5.73 Å². The van der Waals surface area contributed by atoms with Crippen LogP contribution in [0.4, 0.5) is 0 Å². The zero-order chi connectivity index (χ0) is 30.1. The minimum Gasteiger partial charge on any atom is -0.508 e. The number of benzene rings is 2. The molecule has 12 heteroatoms. The van der Waals surface area contributed by atoms with Crippen LogP contribution in [0, 0.1) is 11.8 Å². The van der Waals surface area contributed by atoms with Gasteiger partial charge < -0.3 is 36.4 Å². The number of aromatic hydroxyl groups is 1. The van der Waals surface area contributed by atoms with Crippen molar-refractivity contribution in [2.75, 3.05) is 14.1 Å². The van der Waals surface area contributed by atoms with Gasteiger partial charge >= 0.3 is 5.97 Å². The Labute approximate surface area is 232 Å². The van der Waals surface area contributed by atoms with Crippen molar-refractivity contribution >= 4 is 40.9 Å². The second-order valence-corrected chi connectivity index (χ2v) is 10.4. The summed E-state index contributed by atoms with van der Waals surface area (Å²) < 4.78 is 0. The highest BCUT2D eigenvalue weighted by Gasteiger charge is 2.68. The van der Waals surface area contributed by atoms with E-state index in [4.69, 9.17) is 5.73 Å². The van der Waals surface area contributed by atoms with E-state index in [1.165, 1.54) is 67.5 Å². The molecule has 5 atom stereocenters. The Balaban J connectivity index is 1.83. The fourth-order valence-corrected chi connectivity index (χ4v) is 6.21. The zero-order valence-electron chi connectivity index (χ0n) is 21.8. The first-order valence-electron chi connectivity index (χ1n) is 12.4. The molecule has 0 bridgehead atoms. The molecule has 1 amide bonds. The van der Waals surface area contributed by atoms with Gasteiger partial charge in [-0.1, -0.05) is 30.3 Å². The van der Waals surface area contributed by atoms with Gasteiger partial charge in [-0.2, -0.15) is 0 Å². The standard InChI is InChI=1S/C29H26N2O10/c1-31(2)21-20-23(34)17-14(10-11-6-8-12(9-7-11)28(39)40)13-4-3-5-15(32)16(13)22(33)18(17)25(36)29(20,41)26(37)19(24(21)35)27(30)38/h3-10,17,20-21,23,32-34,37,41H,1-2H3,(H2,30,38)(H,39,40)/b14-10+. The van der Waals surface area contributed by atoms with Crippen LogP contribution in [-0.4, -0.2) is 90.8 Å². The minimum atomic E-state index is -3.04. The summed E-state index contributed by atoms with van der Waals surface area (Å²) in [4.78, 5) is 52.2. The molecule has 0 aromatic heterocycles. The Kier molecular flexibility index (Phi) is 6.37. The van der Waals surface area contributed by atoms with Crippen LogP contribution in [0.2, 0.25) is 0 Å². The molecule has 12 nitrogen and oxygen atoms in total. The highest BCUT2D eigenvalue weighted by molar-refractivity contribution is 6.25. The maximum absolute atomic E-state index is 14.1. The number of phenols is 1. The summed E-state index contributed by atoms with van der Waals surface area (Å²) in [6.07, 6.45) is -0.301. The van der Waals surface area contributed by atoms with Crippen molar-refractivity contribution in [3.05, 3.63) is 81.6 Å². The Morgan fingerprint density at radius 1 is 1.02 bits per heavy atom. The zero-order valence-corrected chi connectivity index (χ0v) is 21.8. The number of hydrogen-bond donors (Lipinski definition) is 7. The number of ketones is 2. The smallest absolute Gasteiger partial charge is 0.335 e. The number of hydrogen-bond acceptors (Lipinski definition) is 10. The van der Waals surface area contributed by atoms with Crippen molar-refractivity contribution < 1.29 is 49.8 Å². The number of nitrogens with zero attached hydrogens (tertiary/aromatic N) is 1. The minimum absolute atomic E-state index is 0.00655. The molecule has 0 saturated heterocycles. The molecule has 0 spiro atoms. The molecule has 0 heterocycles. The number of Topliss-reactive ketones (excluding diaryl/α,β-unsaturated/α-hetero) is 2. The molecule has 5 unspecified atom stereocenters. The molecule has 2 aromatic carbocycles. The number of fused-ring (bicyclic) bond motifs is 3. The predicted molar refractivity (Wildman–Crippen MR) is 143 cm³/mol. The predicted octanol–water partition coefficient (Wildman–Crippen LogP) is 0.631. The molecule has 3 aliphatic rings. The number of aromatic carboxylic acids is 1. The third-order valence-electron chi connectivity index (χ3n) is 8.01. The van der Waals surface area contributed by atoms with Crippen molar-refractivity contribution in [1.82, 2.24) is 4.90 Å². The molecule has 3 aliphatic carbocycles. The third-order valence-corrected chi connectivity index (χ3v) is 8.01. The quantitative estimate of drug-likeness (QED) is 0.256. The van der Waals surface area contributed by atoms with Crippen LogP contribution in [0.3, 0.4) is 0 Å². The lowest BCUT2D eigenvalue weighted by Crippen LogP contribution is -2.70. The van der Waals surface area contributed by atoms with E-state index in [0.717, 1.165) is 0 Å². The summed E-state index contributed by atoms with van der Waals surface area (Å²) in [5, 5.41) is 65.9. The highest BCUT2D eigenvalue weighted by Crippen LogP contribution is 2.56. The molecule has 0 aliphatic heterocycles. The summed E-state index contributed by atoms with van der Waals surface area (Å²) in [6, 6.07) is 8.38. The first-order chi connectivity index (χ1) is 19.2. The molecule has 212 valence electrons. The largest absolute Gasteiger partial charge is 0.508 e. The number of carbonyl (C=O) groups excluding carboxylic acids is 3. The first-order valence-corrected chi connectivity index (χ1v) is 12.4. The molecule has 1 fully saturated rings. The van der Waals surface area contributed by atoms with Gasteiger partial charge in [-0.3, -0.25) is 19.3 Å². The maximum Gasteiger partial charge on any atom is 0.335 e. The van der Waals surface area contributed by atoms with E-state index >= 15 is 0 Å². The van der Waals surface area contributed by atoms with Gasteiger partial charge in [0, 0.05) is 5.92 Å². The monoisotopic (exact) mass is 562 g/mol. The Morgan fingerprint density at radius 3 is 2.22 bits per heavy atom. The summed E-state index contributed by atoms with van der Waals surface area (Å²) >= 11 is 0. The molecule has 41 heavy (non-hydrogen) atoms. The summed E-state index contributed by atoms with van der Waals surface area (Å²) in [6.45, 7) is 0. The molecule has 1 saturated carbocycles. The van der Waals surface area contributed by atoms with Gasteiger partial charge in [-0.05, 0) is 49.0 Å². The number of primary amides is 1. The van der Waals surface area contributed by atoms with Gasteiger partial charge in [0.05, 0.1) is 34.8 Å². The van der Waals surface area contributed by atoms with E-state index in [-0.39, 0.29) is 22.3 Å². The molecule has 5 rings (SSSR count). The summed E-state index contributed by atoms with van der Waals surface area (Å²) in [7, 11) is 2.83. The SMILES string of the molecule is CN(C)C1C(=O)C(C(N)=O)=C(O)C2(O)C(=O)C3=C(O)c4c(O)cccc4/C(=C\c4ccc(C(=O)O)cc4)C3C(O)C12. The van der Waals surface area contributed by atoms with Gasteiger partial charge in [0.25, 0.3) is 5.91 Å². The van der Waals surface area contributed by atoms with Crippen LogP contribution in [0.5, 0.6) is 5.75 Å². The summed E-state index contributed by atoms with van der Waals surface area (Å²) in [5.74, 6) is -10.5. The number of carboxylic acid groups (broad SMARTS) is 1. The topological polar surface area (TPSA) is 219 Å². The third kappa shape index (κ3) is 3.79. The number of carbonyl (C=O) groups is 4. The number of likely N-dealkylation sites (N-methyl/N-ethyl adjacent to an activating group) is 1. The Hall–Kier alpha value is -4.78. The van der Waals surface area contributed by atoms with E-state index in [9.17, 15) is 49.8 Å². The number of rotatable bonds is 4. The first kappa shape index (κ1) is 27.8. The average Bonchev–Trinajstić information content (AvgIpc) is 2.90. The van der Waals surface area contributed by atoms with Gasteiger partial charge in [-0.15, -0.1) is 0 Å². The van der Waals surface area contributed by atoms with E-state index in [1.54, 1.807) is 0 Å². The van der Waals surface area contributed by atoms with Crippen molar-refractivity contribution in [1.29, 1.82) is 0 Å². The fourth-order valence-electron chi connectivity index (χ4n) is 6.21. The van der Waals surface area contributed by atoms with Crippen LogP contribution in [0.25, 0.3) is 17.4 Å². The van der Waals surface area contributed by atoms with Crippen LogP contribution >= 0.6 is 0 Å². The number of phenolic OH excluding ortho intramolecular Hbond substituents is 1. The molecular formula is C29H26N2O10. The van der Waals surface area contributed by atoms with Crippen LogP contribution in [0.1, 0.15) is 27.0 Å². The van der Waals surface area contributed by atoms with Crippen LogP contribution in [0.15, 0.2) is 59.4 Å². The fraction of sp³-hybridized carbons (Fsp3) is 0.241. The van der Waals surface area contributed by atoms with E-state index in [1.807, 2.05) is 0 Å². The normalized spacial score (nSPS) is 28.5. The lowest BCUT2D eigenvalue weighted by Gasteiger charge is -2.53. The molecule has 2 aromatic rings. The average molecular weight is 563 g/mol. The van der Waals surface area contributed by atoms with E-state index < -0.39 is 81.4 Å². The van der Waals surface area contributed by atoms with Crippen molar-refractivity contribution in [3.8, 4) is 5.75 Å². The van der Waals surface area contributed by atoms with Gasteiger partial charge in [-0.25, -0.2) is 4.79 Å². The summed E-state index contributed by atoms with van der Waals surface area (Å²) in [5.41, 5.74) is 1.38. The lowest BCUT2D eigenvalue weighted by molar-refractivity contribution is -0.166. The number of nitrogens with two attached hydrogens (primary N) is 1. The number of carboxylic acids is 1. The van der Waals surface area contributed by atoms with Gasteiger partial charge in [0.1, 0.15) is 22.8 Å². The molecular weight excluding hydrogens is 536 g/mol.